The first kappa shape index (κ1) is 28.9. The quantitative estimate of drug-likeness (QED) is 0.100. The molecule has 0 aliphatic carbocycles. The number of rotatable bonds is 12. The second kappa shape index (κ2) is 13.4. The van der Waals surface area contributed by atoms with Gasteiger partial charge < -0.3 is 9.84 Å². The number of likely N-dealkylation sites (N-methyl/N-ethyl adjacent to an activating group) is 1. The number of aliphatic hydroxyl groups is 1. The van der Waals surface area contributed by atoms with E-state index >= 15 is 0 Å². The maximum atomic E-state index is 11.8. The van der Waals surface area contributed by atoms with E-state index in [-0.39, 0.29) is 12.3 Å². The van der Waals surface area contributed by atoms with Crippen molar-refractivity contribution in [3.8, 4) is 0 Å². The van der Waals surface area contributed by atoms with Crippen molar-refractivity contribution in [3.05, 3.63) is 184 Å². The van der Waals surface area contributed by atoms with Gasteiger partial charge >= 0.3 is 0 Å². The molecule has 0 aliphatic rings. The number of nitrogens with zero attached hydrogens (tertiary/aromatic N) is 2. The standard InChI is InChI=1S/C36H34N2O4/c1-37(26-28-14-6-2-7-15-28)34(35(39)29-22-24-33(25-23-29)38(40)41)27-42-36(30-16-8-3-9-17-30,31-18-10-4-11-19-31)32-20-12-5-13-21-32/h2-25,34-35,39H,26-27H2,1H3/t34-,35-/m0/s1. The van der Waals surface area contributed by atoms with Crippen molar-refractivity contribution < 1.29 is 14.8 Å². The lowest BCUT2D eigenvalue weighted by Crippen LogP contribution is -2.44. The van der Waals surface area contributed by atoms with E-state index in [1.54, 1.807) is 12.1 Å². The van der Waals surface area contributed by atoms with Crippen LogP contribution in [0.4, 0.5) is 5.69 Å². The van der Waals surface area contributed by atoms with Crippen LogP contribution < -0.4 is 0 Å². The normalized spacial score (nSPS) is 13.0. The van der Waals surface area contributed by atoms with Crippen LogP contribution in [0.25, 0.3) is 0 Å². The summed E-state index contributed by atoms with van der Waals surface area (Å²) in [7, 11) is 1.96. The summed E-state index contributed by atoms with van der Waals surface area (Å²) in [5.74, 6) is 0. The Morgan fingerprint density at radius 3 is 1.57 bits per heavy atom. The average molecular weight is 559 g/mol. The topological polar surface area (TPSA) is 75.8 Å². The van der Waals surface area contributed by atoms with E-state index in [1.165, 1.54) is 12.1 Å². The van der Waals surface area contributed by atoms with Crippen molar-refractivity contribution >= 4 is 5.69 Å². The van der Waals surface area contributed by atoms with Gasteiger partial charge in [-0.1, -0.05) is 121 Å². The van der Waals surface area contributed by atoms with Gasteiger partial charge in [0.2, 0.25) is 0 Å². The third-order valence-electron chi connectivity index (χ3n) is 7.66. The van der Waals surface area contributed by atoms with Gasteiger partial charge in [0, 0.05) is 18.7 Å². The smallest absolute Gasteiger partial charge is 0.269 e. The molecule has 0 saturated carbocycles. The van der Waals surface area contributed by atoms with E-state index in [9.17, 15) is 15.2 Å². The van der Waals surface area contributed by atoms with E-state index in [2.05, 4.69) is 53.4 Å². The number of hydrogen-bond donors (Lipinski definition) is 1. The second-order valence-electron chi connectivity index (χ2n) is 10.4. The minimum Gasteiger partial charge on any atom is -0.387 e. The number of ether oxygens (including phenoxy) is 1. The Kier molecular flexibility index (Phi) is 9.19. The summed E-state index contributed by atoms with van der Waals surface area (Å²) < 4.78 is 7.10. The molecule has 0 aromatic heterocycles. The van der Waals surface area contributed by atoms with Gasteiger partial charge in [-0.3, -0.25) is 15.0 Å². The van der Waals surface area contributed by atoms with Crippen LogP contribution in [-0.4, -0.2) is 34.6 Å². The first-order chi connectivity index (χ1) is 20.5. The highest BCUT2D eigenvalue weighted by Crippen LogP contribution is 2.41. The van der Waals surface area contributed by atoms with Crippen LogP contribution in [0.5, 0.6) is 0 Å². The third kappa shape index (κ3) is 6.31. The molecule has 0 heterocycles. The molecule has 2 atom stereocenters. The first-order valence-corrected chi connectivity index (χ1v) is 14.0. The minimum atomic E-state index is -0.973. The number of aliphatic hydroxyl groups excluding tert-OH is 1. The molecule has 5 rings (SSSR count). The number of nitro groups is 1. The highest BCUT2D eigenvalue weighted by Gasteiger charge is 2.39. The number of nitro benzene ring substituents is 1. The summed E-state index contributed by atoms with van der Waals surface area (Å²) in [5.41, 5.74) is 3.61. The van der Waals surface area contributed by atoms with Crippen LogP contribution in [0.1, 0.15) is 33.9 Å². The molecule has 0 amide bonds. The van der Waals surface area contributed by atoms with Gasteiger partial charge in [-0.2, -0.15) is 0 Å². The van der Waals surface area contributed by atoms with Gasteiger partial charge in [0.05, 0.1) is 23.7 Å². The SMILES string of the molecule is CN(Cc1ccccc1)[C@@H](COC(c1ccccc1)(c1ccccc1)c1ccccc1)[C@@H](O)c1ccc([N+](=O)[O-])cc1. The van der Waals surface area contributed by atoms with Crippen LogP contribution in [0.3, 0.4) is 0 Å². The maximum absolute atomic E-state index is 11.8. The summed E-state index contributed by atoms with van der Waals surface area (Å²) in [6.07, 6.45) is -0.973. The lowest BCUT2D eigenvalue weighted by molar-refractivity contribution is -0.384. The highest BCUT2D eigenvalue weighted by atomic mass is 16.6. The summed E-state index contributed by atoms with van der Waals surface area (Å²) in [4.78, 5) is 12.9. The van der Waals surface area contributed by atoms with Crippen LogP contribution in [-0.2, 0) is 16.9 Å². The van der Waals surface area contributed by atoms with Crippen molar-refractivity contribution in [3.63, 3.8) is 0 Å². The molecular weight excluding hydrogens is 524 g/mol. The fourth-order valence-corrected chi connectivity index (χ4v) is 5.44. The van der Waals surface area contributed by atoms with Crippen molar-refractivity contribution in [1.29, 1.82) is 0 Å². The first-order valence-electron chi connectivity index (χ1n) is 14.0. The Morgan fingerprint density at radius 1 is 0.714 bits per heavy atom. The number of hydrogen-bond acceptors (Lipinski definition) is 5. The zero-order valence-corrected chi connectivity index (χ0v) is 23.5. The highest BCUT2D eigenvalue weighted by molar-refractivity contribution is 5.47. The molecule has 212 valence electrons. The predicted octanol–water partition coefficient (Wildman–Crippen LogP) is 7.14. The third-order valence-corrected chi connectivity index (χ3v) is 7.66. The van der Waals surface area contributed by atoms with Crippen LogP contribution in [0, 0.1) is 10.1 Å². The monoisotopic (exact) mass is 558 g/mol. The van der Waals surface area contributed by atoms with Crippen molar-refractivity contribution in [2.75, 3.05) is 13.7 Å². The molecule has 0 fully saturated rings. The Morgan fingerprint density at radius 2 is 1.14 bits per heavy atom. The van der Waals surface area contributed by atoms with E-state index in [1.807, 2.05) is 79.8 Å². The molecule has 0 unspecified atom stereocenters. The lowest BCUT2D eigenvalue weighted by Gasteiger charge is -2.39. The Hall–Kier alpha value is -4.62. The Labute approximate surface area is 246 Å². The molecule has 42 heavy (non-hydrogen) atoms. The number of benzene rings is 5. The fourth-order valence-electron chi connectivity index (χ4n) is 5.44. The molecule has 0 bridgehead atoms. The van der Waals surface area contributed by atoms with Crippen LogP contribution >= 0.6 is 0 Å². The number of non-ortho nitro benzene ring substituents is 1. The summed E-state index contributed by atoms with van der Waals surface area (Å²) in [5, 5.41) is 23.0. The average Bonchev–Trinajstić information content (AvgIpc) is 3.05. The van der Waals surface area contributed by atoms with Gasteiger partial charge in [0.25, 0.3) is 5.69 Å². The summed E-state index contributed by atoms with van der Waals surface area (Å²) >= 11 is 0. The molecule has 0 aliphatic heterocycles. The van der Waals surface area contributed by atoms with Crippen LogP contribution in [0.15, 0.2) is 146 Å². The van der Waals surface area contributed by atoms with Gasteiger partial charge in [-0.05, 0) is 47.0 Å². The molecule has 0 radical (unpaired) electrons. The zero-order chi connectivity index (χ0) is 29.4. The molecule has 1 N–H and O–H groups in total. The molecule has 0 saturated heterocycles. The molecule has 6 heteroatoms. The Bertz CT molecular complexity index is 1450. The summed E-state index contributed by atoms with van der Waals surface area (Å²) in [6.45, 7) is 0.744. The van der Waals surface area contributed by atoms with Gasteiger partial charge in [-0.15, -0.1) is 0 Å². The van der Waals surface area contributed by atoms with E-state index < -0.39 is 22.7 Å². The predicted molar refractivity (Wildman–Crippen MR) is 165 cm³/mol. The van der Waals surface area contributed by atoms with Crippen molar-refractivity contribution in [2.24, 2.45) is 0 Å². The lowest BCUT2D eigenvalue weighted by atomic mass is 9.80. The molecule has 6 nitrogen and oxygen atoms in total. The van der Waals surface area contributed by atoms with Gasteiger partial charge in [0.1, 0.15) is 5.60 Å². The fraction of sp³-hybridized carbons (Fsp3) is 0.167. The van der Waals surface area contributed by atoms with Crippen molar-refractivity contribution in [2.45, 2.75) is 24.3 Å². The minimum absolute atomic E-state index is 0.0207. The second-order valence-corrected chi connectivity index (χ2v) is 10.4. The van der Waals surface area contributed by atoms with Crippen LogP contribution in [0.2, 0.25) is 0 Å². The van der Waals surface area contributed by atoms with E-state index in [4.69, 9.17) is 4.74 Å². The molecule has 5 aromatic carbocycles. The molecule has 5 aromatic rings. The Balaban J connectivity index is 1.57. The van der Waals surface area contributed by atoms with Gasteiger partial charge in [-0.25, -0.2) is 0 Å². The van der Waals surface area contributed by atoms with E-state index in [0.29, 0.717) is 12.1 Å². The molecular formula is C36H34N2O4. The van der Waals surface area contributed by atoms with E-state index in [0.717, 1.165) is 22.3 Å². The largest absolute Gasteiger partial charge is 0.387 e. The van der Waals surface area contributed by atoms with Crippen molar-refractivity contribution in [1.82, 2.24) is 4.90 Å². The van der Waals surface area contributed by atoms with Gasteiger partial charge in [0.15, 0.2) is 0 Å². The maximum Gasteiger partial charge on any atom is 0.269 e. The zero-order valence-electron chi connectivity index (χ0n) is 23.5. The summed E-state index contributed by atoms with van der Waals surface area (Å²) in [6, 6.07) is 46.0. The molecule has 0 spiro atoms.